The number of piperidine rings is 1. The summed E-state index contributed by atoms with van der Waals surface area (Å²) in [6, 6.07) is 14.0. The number of amides is 1. The van der Waals surface area contributed by atoms with E-state index in [9.17, 15) is 9.18 Å². The number of aromatic nitrogens is 4. The van der Waals surface area contributed by atoms with Crippen molar-refractivity contribution in [2.75, 3.05) is 13.1 Å². The van der Waals surface area contributed by atoms with Gasteiger partial charge in [-0.3, -0.25) is 9.69 Å². The lowest BCUT2D eigenvalue weighted by molar-refractivity contribution is -0.127. The largest absolute Gasteiger partial charge is 0.352 e. The quantitative estimate of drug-likeness (QED) is 0.437. The number of aryl methyl sites for hydroxylation is 1. The predicted octanol–water partition coefficient (Wildman–Crippen LogP) is 3.90. The van der Waals surface area contributed by atoms with Crippen LogP contribution in [0.1, 0.15) is 30.1 Å². The molecule has 1 saturated heterocycles. The molecule has 0 radical (unpaired) electrons. The van der Waals surface area contributed by atoms with Crippen LogP contribution in [-0.2, 0) is 17.9 Å². The van der Waals surface area contributed by atoms with Crippen LogP contribution in [0.2, 0.25) is 0 Å². The molecule has 35 heavy (non-hydrogen) atoms. The van der Waals surface area contributed by atoms with Crippen LogP contribution in [0, 0.1) is 18.7 Å². The zero-order chi connectivity index (χ0) is 24.2. The maximum Gasteiger partial charge on any atom is 0.241 e. The van der Waals surface area contributed by atoms with Crippen LogP contribution in [0.5, 0.6) is 0 Å². The highest BCUT2D eigenvalue weighted by molar-refractivity contribution is 5.79. The van der Waals surface area contributed by atoms with E-state index in [0.717, 1.165) is 36.5 Å². The Morgan fingerprint density at radius 3 is 2.83 bits per heavy atom. The van der Waals surface area contributed by atoms with Crippen molar-refractivity contribution in [1.82, 2.24) is 29.9 Å². The number of para-hydroxylation sites is 1. The molecule has 0 aliphatic carbocycles. The van der Waals surface area contributed by atoms with E-state index in [4.69, 9.17) is 4.52 Å². The fraction of sp³-hybridized carbons (Fsp3) is 0.308. The number of hydrogen-bond acceptors (Lipinski definition) is 6. The number of hydrogen-bond donors (Lipinski definition) is 1. The van der Waals surface area contributed by atoms with Crippen LogP contribution in [0.15, 0.2) is 65.4 Å². The summed E-state index contributed by atoms with van der Waals surface area (Å²) < 4.78 is 20.6. The molecule has 3 heterocycles. The van der Waals surface area contributed by atoms with Crippen molar-refractivity contribution in [2.24, 2.45) is 5.92 Å². The molecule has 1 atom stereocenters. The SMILES string of the molecule is Cc1nccn1-c1ccccc1CNC(=O)C1CCCN(Cc2nc(-c3ccc(F)cc3)no2)C1. The zero-order valence-electron chi connectivity index (χ0n) is 19.5. The van der Waals surface area contributed by atoms with E-state index >= 15 is 0 Å². The molecular weight excluding hydrogens is 447 g/mol. The minimum absolute atomic E-state index is 0.0457. The highest BCUT2D eigenvalue weighted by atomic mass is 19.1. The summed E-state index contributed by atoms with van der Waals surface area (Å²) in [6.07, 6.45) is 5.46. The van der Waals surface area contributed by atoms with Gasteiger partial charge in [-0.05, 0) is 62.2 Å². The maximum atomic E-state index is 13.2. The molecule has 1 amide bonds. The van der Waals surface area contributed by atoms with Crippen molar-refractivity contribution < 1.29 is 13.7 Å². The topological polar surface area (TPSA) is 89.1 Å². The van der Waals surface area contributed by atoms with Crippen molar-refractivity contribution in [3.8, 4) is 17.1 Å². The molecule has 4 aromatic rings. The number of nitrogens with one attached hydrogen (secondary N) is 1. The maximum absolute atomic E-state index is 13.2. The molecule has 1 aliphatic heterocycles. The number of imidazole rings is 1. The van der Waals surface area contributed by atoms with E-state index < -0.39 is 0 Å². The summed E-state index contributed by atoms with van der Waals surface area (Å²) in [4.78, 5) is 23.9. The predicted molar refractivity (Wildman–Crippen MR) is 128 cm³/mol. The lowest BCUT2D eigenvalue weighted by Crippen LogP contribution is -2.42. The summed E-state index contributed by atoms with van der Waals surface area (Å²) in [6.45, 7) is 4.37. The Balaban J connectivity index is 1.18. The third-order valence-electron chi connectivity index (χ3n) is 6.34. The molecule has 0 spiro atoms. The van der Waals surface area contributed by atoms with Crippen molar-refractivity contribution in [2.45, 2.75) is 32.9 Å². The first-order chi connectivity index (χ1) is 17.1. The standard InChI is InChI=1S/C26H27FN6O2/c1-18-28-12-14-33(18)23-7-3-2-5-20(23)15-29-26(34)21-6-4-13-32(16-21)17-24-30-25(31-35-24)19-8-10-22(27)11-9-19/h2-3,5,7-12,14,21H,4,6,13,15-17H2,1H3,(H,29,34). The Morgan fingerprint density at radius 1 is 1.20 bits per heavy atom. The van der Waals surface area contributed by atoms with Gasteiger partial charge in [-0.15, -0.1) is 0 Å². The molecule has 1 fully saturated rings. The van der Waals surface area contributed by atoms with Gasteiger partial charge in [0.2, 0.25) is 17.6 Å². The van der Waals surface area contributed by atoms with Crippen LogP contribution < -0.4 is 5.32 Å². The van der Waals surface area contributed by atoms with Gasteiger partial charge in [0.05, 0.1) is 18.2 Å². The number of likely N-dealkylation sites (tertiary alicyclic amines) is 1. The van der Waals surface area contributed by atoms with Gasteiger partial charge >= 0.3 is 0 Å². The van der Waals surface area contributed by atoms with E-state index in [0.29, 0.717) is 36.9 Å². The highest BCUT2D eigenvalue weighted by Gasteiger charge is 2.27. The van der Waals surface area contributed by atoms with Gasteiger partial charge in [0.15, 0.2) is 0 Å². The molecule has 5 rings (SSSR count). The summed E-state index contributed by atoms with van der Waals surface area (Å²) in [5.41, 5.74) is 2.75. The van der Waals surface area contributed by atoms with Gasteiger partial charge in [-0.25, -0.2) is 9.37 Å². The first-order valence-corrected chi connectivity index (χ1v) is 11.7. The molecule has 1 aliphatic rings. The van der Waals surface area contributed by atoms with Gasteiger partial charge in [0.1, 0.15) is 11.6 Å². The molecule has 2 aromatic carbocycles. The van der Waals surface area contributed by atoms with Crippen LogP contribution in [-0.4, -0.2) is 43.6 Å². The lowest BCUT2D eigenvalue weighted by atomic mass is 9.97. The summed E-state index contributed by atoms with van der Waals surface area (Å²) in [7, 11) is 0. The van der Waals surface area contributed by atoms with Crippen LogP contribution in [0.4, 0.5) is 4.39 Å². The van der Waals surface area contributed by atoms with Crippen molar-refractivity contribution in [3.05, 3.63) is 84.0 Å². The number of carbonyl (C=O) groups is 1. The lowest BCUT2D eigenvalue weighted by Gasteiger charge is -2.31. The van der Waals surface area contributed by atoms with Crippen LogP contribution in [0.25, 0.3) is 17.1 Å². The number of nitrogens with zero attached hydrogens (tertiary/aromatic N) is 5. The smallest absolute Gasteiger partial charge is 0.241 e. The van der Waals surface area contributed by atoms with Gasteiger partial charge in [0, 0.05) is 31.0 Å². The van der Waals surface area contributed by atoms with E-state index in [1.165, 1.54) is 12.1 Å². The van der Waals surface area contributed by atoms with E-state index in [1.807, 2.05) is 42.0 Å². The van der Waals surface area contributed by atoms with Gasteiger partial charge < -0.3 is 14.4 Å². The monoisotopic (exact) mass is 474 g/mol. The summed E-state index contributed by atoms with van der Waals surface area (Å²) in [5.74, 6) is 1.44. The van der Waals surface area contributed by atoms with E-state index in [2.05, 4.69) is 25.3 Å². The third kappa shape index (κ3) is 5.30. The Hall–Kier alpha value is -3.85. The van der Waals surface area contributed by atoms with Crippen molar-refractivity contribution in [3.63, 3.8) is 0 Å². The molecule has 180 valence electrons. The fourth-order valence-corrected chi connectivity index (χ4v) is 4.49. The molecule has 8 nitrogen and oxygen atoms in total. The van der Waals surface area contributed by atoms with Crippen molar-refractivity contribution >= 4 is 5.91 Å². The van der Waals surface area contributed by atoms with Crippen LogP contribution in [0.3, 0.4) is 0 Å². The number of rotatable bonds is 7. The first-order valence-electron chi connectivity index (χ1n) is 11.7. The first kappa shape index (κ1) is 22.9. The molecule has 9 heteroatoms. The summed E-state index contributed by atoms with van der Waals surface area (Å²) >= 11 is 0. The van der Waals surface area contributed by atoms with E-state index in [1.54, 1.807) is 18.3 Å². The number of halogens is 1. The molecule has 1 unspecified atom stereocenters. The third-order valence-corrected chi connectivity index (χ3v) is 6.34. The Morgan fingerprint density at radius 2 is 2.03 bits per heavy atom. The second-order valence-electron chi connectivity index (χ2n) is 8.78. The minimum Gasteiger partial charge on any atom is -0.352 e. The normalized spacial score (nSPS) is 16.3. The van der Waals surface area contributed by atoms with Gasteiger partial charge in [0.25, 0.3) is 0 Å². The second-order valence-corrected chi connectivity index (χ2v) is 8.78. The van der Waals surface area contributed by atoms with Gasteiger partial charge in [-0.1, -0.05) is 23.4 Å². The van der Waals surface area contributed by atoms with Gasteiger partial charge in [-0.2, -0.15) is 4.98 Å². The average Bonchev–Trinajstić information content (AvgIpc) is 3.52. The average molecular weight is 475 g/mol. The van der Waals surface area contributed by atoms with Crippen LogP contribution >= 0.6 is 0 Å². The van der Waals surface area contributed by atoms with Crippen molar-refractivity contribution in [1.29, 1.82) is 0 Å². The molecule has 0 saturated carbocycles. The molecular formula is C26H27FN6O2. The highest BCUT2D eigenvalue weighted by Crippen LogP contribution is 2.21. The van der Waals surface area contributed by atoms with E-state index in [-0.39, 0.29) is 17.6 Å². The molecule has 2 aromatic heterocycles. The fourth-order valence-electron chi connectivity index (χ4n) is 4.49. The zero-order valence-corrected chi connectivity index (χ0v) is 19.5. The minimum atomic E-state index is -0.310. The Bertz CT molecular complexity index is 1300. The molecule has 1 N–H and O–H groups in total. The number of benzene rings is 2. The number of carbonyl (C=O) groups excluding carboxylic acids is 1. The molecule has 0 bridgehead atoms. The Labute approximate surface area is 202 Å². The summed E-state index contributed by atoms with van der Waals surface area (Å²) in [5, 5.41) is 7.14. The second kappa shape index (κ2) is 10.2. The Kier molecular flexibility index (Phi) is 6.67.